The first-order valence-corrected chi connectivity index (χ1v) is 8.72. The van der Waals surface area contributed by atoms with Gasteiger partial charge in [-0.2, -0.15) is 0 Å². The number of para-hydroxylation sites is 1. The molecule has 0 fully saturated rings. The van der Waals surface area contributed by atoms with E-state index in [2.05, 4.69) is 13.0 Å². The summed E-state index contributed by atoms with van der Waals surface area (Å²) in [6, 6.07) is 16.0. The van der Waals surface area contributed by atoms with E-state index in [1.165, 1.54) is 5.56 Å². The maximum atomic E-state index is 12.8. The number of nitrogens with zero attached hydrogens (tertiary/aromatic N) is 2. The van der Waals surface area contributed by atoms with Crippen LogP contribution >= 0.6 is 0 Å². The van der Waals surface area contributed by atoms with Crippen molar-refractivity contribution in [3.8, 4) is 0 Å². The highest BCUT2D eigenvalue weighted by molar-refractivity contribution is 5.98. The number of carbonyl (C=O) groups is 2. The van der Waals surface area contributed by atoms with Crippen molar-refractivity contribution in [3.05, 3.63) is 59.7 Å². The quantitative estimate of drug-likeness (QED) is 0.854. The minimum atomic E-state index is -0.0479. The summed E-state index contributed by atoms with van der Waals surface area (Å²) in [6.07, 6.45) is 1.20. The molecule has 2 amide bonds. The van der Waals surface area contributed by atoms with Crippen LogP contribution in [-0.4, -0.2) is 24.4 Å². The lowest BCUT2D eigenvalue weighted by Gasteiger charge is -2.26. The van der Waals surface area contributed by atoms with Crippen molar-refractivity contribution in [1.29, 1.82) is 0 Å². The van der Waals surface area contributed by atoms with Crippen LogP contribution in [0, 0.1) is 6.92 Å². The minimum Gasteiger partial charge on any atom is -0.312 e. The number of amides is 2. The van der Waals surface area contributed by atoms with Gasteiger partial charge in [-0.25, -0.2) is 0 Å². The Hall–Kier alpha value is -2.62. The van der Waals surface area contributed by atoms with Crippen molar-refractivity contribution in [2.24, 2.45) is 0 Å². The van der Waals surface area contributed by atoms with Gasteiger partial charge >= 0.3 is 0 Å². The van der Waals surface area contributed by atoms with E-state index in [0.717, 1.165) is 23.4 Å². The molecule has 1 unspecified atom stereocenters. The molecular weight excluding hydrogens is 312 g/mol. The molecule has 4 heteroatoms. The Morgan fingerprint density at radius 1 is 1.16 bits per heavy atom. The summed E-state index contributed by atoms with van der Waals surface area (Å²) in [6.45, 7) is 6.00. The molecular formula is C21H24N2O2. The lowest BCUT2D eigenvalue weighted by molar-refractivity contribution is -0.119. The first-order chi connectivity index (χ1) is 12.0. The molecule has 0 aliphatic carbocycles. The molecule has 4 nitrogen and oxygen atoms in total. The van der Waals surface area contributed by atoms with Crippen LogP contribution in [0.15, 0.2) is 48.5 Å². The second kappa shape index (κ2) is 7.09. The third kappa shape index (κ3) is 3.58. The Balaban J connectivity index is 1.73. The molecule has 3 rings (SSSR count). The largest absolute Gasteiger partial charge is 0.312 e. The van der Waals surface area contributed by atoms with Gasteiger partial charge in [-0.15, -0.1) is 0 Å². The van der Waals surface area contributed by atoms with Crippen LogP contribution < -0.4 is 9.80 Å². The van der Waals surface area contributed by atoms with Crippen molar-refractivity contribution in [3.63, 3.8) is 0 Å². The molecule has 0 radical (unpaired) electrons. The number of rotatable bonds is 4. The summed E-state index contributed by atoms with van der Waals surface area (Å²) >= 11 is 0. The number of anilines is 2. The third-order valence-electron chi connectivity index (χ3n) is 4.72. The van der Waals surface area contributed by atoms with E-state index in [-0.39, 0.29) is 17.9 Å². The fourth-order valence-electron chi connectivity index (χ4n) is 3.54. The lowest BCUT2D eigenvalue weighted by atomic mass is 10.1. The molecule has 1 aliphatic heterocycles. The Labute approximate surface area is 149 Å². The molecule has 1 aliphatic rings. The average Bonchev–Trinajstić information content (AvgIpc) is 2.90. The van der Waals surface area contributed by atoms with Crippen molar-refractivity contribution in [2.45, 2.75) is 39.7 Å². The van der Waals surface area contributed by atoms with E-state index in [4.69, 9.17) is 0 Å². The molecule has 0 spiro atoms. The van der Waals surface area contributed by atoms with E-state index in [1.807, 2.05) is 54.3 Å². The Morgan fingerprint density at radius 3 is 2.64 bits per heavy atom. The van der Waals surface area contributed by atoms with Gasteiger partial charge in [0, 0.05) is 37.3 Å². The molecule has 130 valence electrons. The van der Waals surface area contributed by atoms with Crippen LogP contribution in [0.1, 0.15) is 31.4 Å². The maximum Gasteiger partial charge on any atom is 0.229 e. The summed E-state index contributed by atoms with van der Waals surface area (Å²) in [4.78, 5) is 28.4. The first kappa shape index (κ1) is 17.2. The first-order valence-electron chi connectivity index (χ1n) is 8.72. The fraction of sp³-hybridized carbons (Fsp3) is 0.333. The minimum absolute atomic E-state index is 0.0479. The standard InChI is InChI=1S/C21H24N2O2/c1-15-7-6-9-19(13-15)22(17(3)24)12-11-21(25)23-16(2)14-18-8-4-5-10-20(18)23/h4-10,13,16H,11-12,14H2,1-3H3. The molecule has 0 aromatic heterocycles. The predicted molar refractivity (Wildman–Crippen MR) is 101 cm³/mol. The highest BCUT2D eigenvalue weighted by Crippen LogP contribution is 2.32. The normalized spacial score (nSPS) is 15.8. The fourth-order valence-corrected chi connectivity index (χ4v) is 3.54. The zero-order valence-corrected chi connectivity index (χ0v) is 15.0. The lowest BCUT2D eigenvalue weighted by Crippen LogP contribution is -2.39. The van der Waals surface area contributed by atoms with Crippen LogP contribution in [0.25, 0.3) is 0 Å². The molecule has 1 heterocycles. The second-order valence-corrected chi connectivity index (χ2v) is 6.71. The monoisotopic (exact) mass is 336 g/mol. The predicted octanol–water partition coefficient (Wildman–Crippen LogP) is 3.72. The van der Waals surface area contributed by atoms with E-state index in [9.17, 15) is 9.59 Å². The summed E-state index contributed by atoms with van der Waals surface area (Å²) in [5, 5.41) is 0. The van der Waals surface area contributed by atoms with Crippen LogP contribution in [0.4, 0.5) is 11.4 Å². The van der Waals surface area contributed by atoms with Gasteiger partial charge in [0.1, 0.15) is 0 Å². The summed E-state index contributed by atoms with van der Waals surface area (Å²) in [7, 11) is 0. The van der Waals surface area contributed by atoms with Crippen molar-refractivity contribution in [2.75, 3.05) is 16.3 Å². The van der Waals surface area contributed by atoms with Gasteiger partial charge in [0.2, 0.25) is 11.8 Å². The van der Waals surface area contributed by atoms with Gasteiger partial charge in [0.15, 0.2) is 0 Å². The van der Waals surface area contributed by atoms with Crippen LogP contribution in [-0.2, 0) is 16.0 Å². The number of hydrogen-bond donors (Lipinski definition) is 0. The molecule has 2 aromatic carbocycles. The van der Waals surface area contributed by atoms with Gasteiger partial charge in [-0.05, 0) is 49.6 Å². The van der Waals surface area contributed by atoms with Crippen LogP contribution in [0.5, 0.6) is 0 Å². The van der Waals surface area contributed by atoms with Crippen molar-refractivity contribution < 1.29 is 9.59 Å². The summed E-state index contributed by atoms with van der Waals surface area (Å²) < 4.78 is 0. The number of carbonyl (C=O) groups excluding carboxylic acids is 2. The van der Waals surface area contributed by atoms with Gasteiger partial charge in [-0.3, -0.25) is 9.59 Å². The van der Waals surface area contributed by atoms with Gasteiger partial charge in [0.25, 0.3) is 0 Å². The molecule has 0 N–H and O–H groups in total. The molecule has 0 saturated carbocycles. The Morgan fingerprint density at radius 2 is 1.92 bits per heavy atom. The van der Waals surface area contributed by atoms with Crippen LogP contribution in [0.2, 0.25) is 0 Å². The Kier molecular flexibility index (Phi) is 4.88. The summed E-state index contributed by atoms with van der Waals surface area (Å²) in [5.41, 5.74) is 4.16. The Bertz CT molecular complexity index is 800. The van der Waals surface area contributed by atoms with E-state index in [1.54, 1.807) is 11.8 Å². The van der Waals surface area contributed by atoms with Gasteiger partial charge in [0.05, 0.1) is 0 Å². The zero-order valence-electron chi connectivity index (χ0n) is 15.0. The molecule has 25 heavy (non-hydrogen) atoms. The van der Waals surface area contributed by atoms with E-state index in [0.29, 0.717) is 13.0 Å². The molecule has 2 aromatic rings. The molecule has 0 bridgehead atoms. The highest BCUT2D eigenvalue weighted by atomic mass is 16.2. The third-order valence-corrected chi connectivity index (χ3v) is 4.72. The summed E-state index contributed by atoms with van der Waals surface area (Å²) in [5.74, 6) is 0.0182. The van der Waals surface area contributed by atoms with E-state index < -0.39 is 0 Å². The smallest absolute Gasteiger partial charge is 0.229 e. The zero-order chi connectivity index (χ0) is 18.0. The van der Waals surface area contributed by atoms with Crippen molar-refractivity contribution >= 4 is 23.2 Å². The second-order valence-electron chi connectivity index (χ2n) is 6.71. The number of hydrogen-bond acceptors (Lipinski definition) is 2. The highest BCUT2D eigenvalue weighted by Gasteiger charge is 2.30. The topological polar surface area (TPSA) is 40.6 Å². The number of fused-ring (bicyclic) bond motifs is 1. The number of benzene rings is 2. The average molecular weight is 336 g/mol. The SMILES string of the molecule is CC(=O)N(CCC(=O)N1c2ccccc2CC1C)c1cccc(C)c1. The van der Waals surface area contributed by atoms with Gasteiger partial charge in [-0.1, -0.05) is 30.3 Å². The van der Waals surface area contributed by atoms with Crippen molar-refractivity contribution in [1.82, 2.24) is 0 Å². The number of aryl methyl sites for hydroxylation is 1. The maximum absolute atomic E-state index is 12.8. The van der Waals surface area contributed by atoms with E-state index >= 15 is 0 Å². The molecule has 0 saturated heterocycles. The molecule has 1 atom stereocenters. The van der Waals surface area contributed by atoms with Crippen LogP contribution in [0.3, 0.4) is 0 Å². The van der Waals surface area contributed by atoms with Gasteiger partial charge < -0.3 is 9.80 Å².